The van der Waals surface area contributed by atoms with Crippen molar-refractivity contribution in [1.29, 1.82) is 0 Å². The number of aromatic carboxylic acids is 1. The summed E-state index contributed by atoms with van der Waals surface area (Å²) in [5, 5.41) is 9.01. The molecule has 0 radical (unpaired) electrons. The highest BCUT2D eigenvalue weighted by molar-refractivity contribution is 5.97. The zero-order valence-corrected chi connectivity index (χ0v) is 14.1. The lowest BCUT2D eigenvalue weighted by atomic mass is 10.1. The molecule has 2 aromatic rings. The molecule has 0 unspecified atom stereocenters. The molecule has 2 rings (SSSR count). The van der Waals surface area contributed by atoms with Gasteiger partial charge in [-0.2, -0.15) is 0 Å². The number of hydrogen-bond donors (Lipinski definition) is 1. The molecule has 1 aromatic heterocycles. The number of amides is 1. The van der Waals surface area contributed by atoms with Crippen LogP contribution in [0.5, 0.6) is 0 Å². The van der Waals surface area contributed by atoms with E-state index < -0.39 is 5.97 Å². The minimum absolute atomic E-state index is 0.121. The quantitative estimate of drug-likeness (QED) is 0.808. The van der Waals surface area contributed by atoms with Gasteiger partial charge in [-0.1, -0.05) is 13.0 Å². The molecule has 128 valence electrons. The number of carbonyl (C=O) groups is 2. The second kappa shape index (κ2) is 8.29. The first-order chi connectivity index (χ1) is 11.5. The van der Waals surface area contributed by atoms with Crippen LogP contribution in [0.1, 0.15) is 46.3 Å². The molecule has 6 nitrogen and oxygen atoms in total. The van der Waals surface area contributed by atoms with E-state index in [0.29, 0.717) is 12.1 Å². The van der Waals surface area contributed by atoms with E-state index in [1.165, 1.54) is 12.1 Å². The second-order valence-electron chi connectivity index (χ2n) is 5.75. The van der Waals surface area contributed by atoms with E-state index in [2.05, 4.69) is 16.5 Å². The van der Waals surface area contributed by atoms with Crippen LogP contribution in [0.15, 0.2) is 36.7 Å². The molecule has 0 saturated heterocycles. The van der Waals surface area contributed by atoms with Gasteiger partial charge < -0.3 is 14.6 Å². The van der Waals surface area contributed by atoms with E-state index >= 15 is 0 Å². The maximum absolute atomic E-state index is 12.4. The Morgan fingerprint density at radius 2 is 2.04 bits per heavy atom. The lowest BCUT2D eigenvalue weighted by molar-refractivity contribution is 0.0697. The minimum atomic E-state index is -1.03. The van der Waals surface area contributed by atoms with Crippen molar-refractivity contribution in [3.05, 3.63) is 53.6 Å². The molecule has 0 fully saturated rings. The maximum atomic E-state index is 12.4. The summed E-state index contributed by atoms with van der Waals surface area (Å²) in [7, 11) is 1.73. The number of hydrogen-bond acceptors (Lipinski definition) is 3. The van der Waals surface area contributed by atoms with Crippen LogP contribution in [-0.2, 0) is 13.0 Å². The van der Waals surface area contributed by atoms with Crippen molar-refractivity contribution in [3.63, 3.8) is 0 Å². The number of imidazole rings is 1. The fraction of sp³-hybridized carbons (Fsp3) is 0.389. The second-order valence-corrected chi connectivity index (χ2v) is 5.75. The van der Waals surface area contributed by atoms with Crippen LogP contribution in [0.25, 0.3) is 0 Å². The average Bonchev–Trinajstić information content (AvgIpc) is 3.01. The number of carboxylic acid groups (broad SMARTS) is 1. The molecule has 0 aliphatic carbocycles. The van der Waals surface area contributed by atoms with E-state index in [1.807, 2.05) is 6.20 Å². The number of carbonyl (C=O) groups excluding carboxylic acids is 1. The Kier molecular flexibility index (Phi) is 6.12. The van der Waals surface area contributed by atoms with Crippen LogP contribution >= 0.6 is 0 Å². The minimum Gasteiger partial charge on any atom is -0.478 e. The molecule has 24 heavy (non-hydrogen) atoms. The fourth-order valence-corrected chi connectivity index (χ4v) is 2.59. The first-order valence-electron chi connectivity index (χ1n) is 8.11. The van der Waals surface area contributed by atoms with Gasteiger partial charge in [0, 0.05) is 44.5 Å². The summed E-state index contributed by atoms with van der Waals surface area (Å²) >= 11 is 0. The van der Waals surface area contributed by atoms with E-state index in [1.54, 1.807) is 30.3 Å². The van der Waals surface area contributed by atoms with Crippen molar-refractivity contribution in [2.45, 2.75) is 32.7 Å². The molecule has 6 heteroatoms. The monoisotopic (exact) mass is 329 g/mol. The number of rotatable bonds is 8. The summed E-state index contributed by atoms with van der Waals surface area (Å²) in [5.74, 6) is -0.171. The third-order valence-electron chi connectivity index (χ3n) is 3.86. The third kappa shape index (κ3) is 4.44. The highest BCUT2D eigenvalue weighted by Crippen LogP contribution is 2.09. The summed E-state index contributed by atoms with van der Waals surface area (Å²) in [6.45, 7) is 3.67. The van der Waals surface area contributed by atoms with Gasteiger partial charge in [0.2, 0.25) is 0 Å². The Bertz CT molecular complexity index is 709. The Hall–Kier alpha value is -2.63. The Balaban J connectivity index is 1.91. The predicted octanol–water partition coefficient (Wildman–Crippen LogP) is 2.70. The number of aryl methyl sites for hydroxylation is 2. The summed E-state index contributed by atoms with van der Waals surface area (Å²) < 4.78 is 2.14. The third-order valence-corrected chi connectivity index (χ3v) is 3.86. The largest absolute Gasteiger partial charge is 0.478 e. The van der Waals surface area contributed by atoms with E-state index in [4.69, 9.17) is 5.11 Å². The Labute approximate surface area is 141 Å². The average molecular weight is 329 g/mol. The van der Waals surface area contributed by atoms with Gasteiger partial charge in [0.1, 0.15) is 5.82 Å². The van der Waals surface area contributed by atoms with Crippen LogP contribution in [-0.4, -0.2) is 45.0 Å². The molecular weight excluding hydrogens is 306 g/mol. The van der Waals surface area contributed by atoms with Gasteiger partial charge in [-0.3, -0.25) is 4.79 Å². The van der Waals surface area contributed by atoms with Crippen molar-refractivity contribution < 1.29 is 14.7 Å². The van der Waals surface area contributed by atoms with Gasteiger partial charge in [0.05, 0.1) is 5.56 Å². The standard InChI is InChI=1S/C18H23N3O3/c1-3-10-21-12-9-19-16(21)8-5-11-20(2)17(22)14-6-4-7-15(13-14)18(23)24/h4,6-7,9,12-13H,3,5,8,10-11H2,1-2H3,(H,23,24). The molecule has 0 saturated carbocycles. The Morgan fingerprint density at radius 3 is 2.75 bits per heavy atom. The zero-order valence-electron chi connectivity index (χ0n) is 14.1. The molecule has 0 bridgehead atoms. The molecule has 1 heterocycles. The predicted molar refractivity (Wildman–Crippen MR) is 91.2 cm³/mol. The van der Waals surface area contributed by atoms with Crippen molar-refractivity contribution in [2.75, 3.05) is 13.6 Å². The van der Waals surface area contributed by atoms with Crippen LogP contribution in [0.4, 0.5) is 0 Å². The number of nitrogens with zero attached hydrogens (tertiary/aromatic N) is 3. The number of carboxylic acids is 1. The number of aromatic nitrogens is 2. The molecule has 0 atom stereocenters. The summed E-state index contributed by atoms with van der Waals surface area (Å²) in [4.78, 5) is 29.4. The molecule has 0 aliphatic rings. The van der Waals surface area contributed by atoms with Crippen LogP contribution < -0.4 is 0 Å². The number of benzene rings is 1. The summed E-state index contributed by atoms with van der Waals surface area (Å²) in [6, 6.07) is 6.12. The summed E-state index contributed by atoms with van der Waals surface area (Å²) in [6.07, 6.45) is 6.45. The van der Waals surface area contributed by atoms with Crippen LogP contribution in [0.3, 0.4) is 0 Å². The SMILES string of the molecule is CCCn1ccnc1CCCN(C)C(=O)c1cccc(C(=O)O)c1. The first kappa shape index (κ1) is 17.7. The molecule has 0 spiro atoms. The van der Waals surface area contributed by atoms with Crippen molar-refractivity contribution in [3.8, 4) is 0 Å². The van der Waals surface area contributed by atoms with E-state index in [0.717, 1.165) is 31.6 Å². The van der Waals surface area contributed by atoms with Crippen LogP contribution in [0.2, 0.25) is 0 Å². The van der Waals surface area contributed by atoms with Gasteiger partial charge in [-0.15, -0.1) is 0 Å². The lowest BCUT2D eigenvalue weighted by Gasteiger charge is -2.17. The smallest absolute Gasteiger partial charge is 0.335 e. The zero-order chi connectivity index (χ0) is 17.5. The fourth-order valence-electron chi connectivity index (χ4n) is 2.59. The van der Waals surface area contributed by atoms with Crippen molar-refractivity contribution in [1.82, 2.24) is 14.5 Å². The molecular formula is C18H23N3O3. The van der Waals surface area contributed by atoms with Gasteiger partial charge >= 0.3 is 5.97 Å². The highest BCUT2D eigenvalue weighted by atomic mass is 16.4. The van der Waals surface area contributed by atoms with E-state index in [-0.39, 0.29) is 11.5 Å². The highest BCUT2D eigenvalue weighted by Gasteiger charge is 2.14. The van der Waals surface area contributed by atoms with Crippen LogP contribution in [0, 0.1) is 0 Å². The lowest BCUT2D eigenvalue weighted by Crippen LogP contribution is -2.28. The van der Waals surface area contributed by atoms with Gasteiger partial charge in [0.25, 0.3) is 5.91 Å². The molecule has 1 amide bonds. The van der Waals surface area contributed by atoms with Gasteiger partial charge in [-0.25, -0.2) is 9.78 Å². The molecule has 1 aromatic carbocycles. The first-order valence-corrected chi connectivity index (χ1v) is 8.11. The van der Waals surface area contributed by atoms with Gasteiger partial charge in [-0.05, 0) is 31.0 Å². The summed E-state index contributed by atoms with van der Waals surface area (Å²) in [5.41, 5.74) is 0.515. The van der Waals surface area contributed by atoms with Crippen molar-refractivity contribution in [2.24, 2.45) is 0 Å². The van der Waals surface area contributed by atoms with E-state index in [9.17, 15) is 9.59 Å². The maximum Gasteiger partial charge on any atom is 0.335 e. The Morgan fingerprint density at radius 1 is 1.29 bits per heavy atom. The van der Waals surface area contributed by atoms with Gasteiger partial charge in [0.15, 0.2) is 0 Å². The molecule has 1 N–H and O–H groups in total. The van der Waals surface area contributed by atoms with Crippen molar-refractivity contribution >= 4 is 11.9 Å². The normalized spacial score (nSPS) is 10.6. The topological polar surface area (TPSA) is 75.4 Å². The molecule has 0 aliphatic heterocycles.